The van der Waals surface area contributed by atoms with E-state index in [1.165, 1.54) is 0 Å². The summed E-state index contributed by atoms with van der Waals surface area (Å²) in [7, 11) is 0. The second kappa shape index (κ2) is 6.32. The van der Waals surface area contributed by atoms with Crippen molar-refractivity contribution in [3.8, 4) is 11.3 Å². The third kappa shape index (κ3) is 3.35. The molecular weight excluding hydrogens is 268 g/mol. The summed E-state index contributed by atoms with van der Waals surface area (Å²) in [6, 6.07) is 13.2. The number of hydrogen-bond donors (Lipinski definition) is 1. The van der Waals surface area contributed by atoms with Gasteiger partial charge in [-0.3, -0.25) is 5.32 Å². The molecule has 2 amide bonds. The van der Waals surface area contributed by atoms with E-state index in [1.807, 2.05) is 36.4 Å². The van der Waals surface area contributed by atoms with Gasteiger partial charge in [-0.1, -0.05) is 30.3 Å². The predicted molar refractivity (Wildman–Crippen MR) is 78.9 cm³/mol. The topological polar surface area (TPSA) is 67.4 Å². The first-order chi connectivity index (χ1) is 10.3. The van der Waals surface area contributed by atoms with Crippen molar-refractivity contribution in [2.24, 2.45) is 0 Å². The number of nitrogens with one attached hydrogen (secondary N) is 1. The second-order valence-corrected chi connectivity index (χ2v) is 4.70. The van der Waals surface area contributed by atoms with E-state index in [0.29, 0.717) is 32.1 Å². The van der Waals surface area contributed by atoms with Gasteiger partial charge in [0, 0.05) is 18.7 Å². The van der Waals surface area contributed by atoms with E-state index in [0.717, 1.165) is 11.3 Å². The van der Waals surface area contributed by atoms with E-state index in [-0.39, 0.29) is 6.03 Å². The van der Waals surface area contributed by atoms with Crippen molar-refractivity contribution >= 4 is 11.8 Å². The molecule has 0 radical (unpaired) electrons. The molecule has 0 bridgehead atoms. The first kappa shape index (κ1) is 13.5. The molecule has 0 unspecified atom stereocenters. The summed E-state index contributed by atoms with van der Waals surface area (Å²) in [6.07, 6.45) is 0. The molecule has 1 saturated heterocycles. The Labute approximate surface area is 122 Å². The van der Waals surface area contributed by atoms with E-state index in [4.69, 9.17) is 4.74 Å². The molecule has 2 aromatic rings. The molecule has 1 aliphatic rings. The summed E-state index contributed by atoms with van der Waals surface area (Å²) in [6.45, 7) is 2.35. The zero-order chi connectivity index (χ0) is 14.5. The van der Waals surface area contributed by atoms with Crippen LogP contribution < -0.4 is 5.32 Å². The van der Waals surface area contributed by atoms with E-state index >= 15 is 0 Å². The Balaban J connectivity index is 1.65. The van der Waals surface area contributed by atoms with Gasteiger partial charge in [0.25, 0.3) is 0 Å². The minimum absolute atomic E-state index is 0.167. The van der Waals surface area contributed by atoms with Crippen LogP contribution in [0.1, 0.15) is 0 Å². The maximum absolute atomic E-state index is 12.0. The molecule has 1 N–H and O–H groups in total. The lowest BCUT2D eigenvalue weighted by molar-refractivity contribution is 0.0564. The van der Waals surface area contributed by atoms with Crippen molar-refractivity contribution in [1.29, 1.82) is 0 Å². The van der Waals surface area contributed by atoms with Crippen LogP contribution in [0.15, 0.2) is 42.5 Å². The summed E-state index contributed by atoms with van der Waals surface area (Å²) in [5.41, 5.74) is 1.77. The molecule has 3 rings (SSSR count). The van der Waals surface area contributed by atoms with Crippen molar-refractivity contribution in [2.75, 3.05) is 31.6 Å². The Morgan fingerprint density at radius 3 is 2.48 bits per heavy atom. The molecule has 1 fully saturated rings. The van der Waals surface area contributed by atoms with Gasteiger partial charge < -0.3 is 9.64 Å². The summed E-state index contributed by atoms with van der Waals surface area (Å²) in [5, 5.41) is 10.9. The number of aromatic nitrogens is 2. The minimum Gasteiger partial charge on any atom is -0.378 e. The molecule has 0 aliphatic carbocycles. The van der Waals surface area contributed by atoms with Gasteiger partial charge in [-0.15, -0.1) is 10.2 Å². The average Bonchev–Trinajstić information content (AvgIpc) is 2.57. The maximum Gasteiger partial charge on any atom is 0.323 e. The minimum atomic E-state index is -0.167. The highest BCUT2D eigenvalue weighted by Gasteiger charge is 2.17. The normalized spacial score (nSPS) is 14.8. The fourth-order valence-electron chi connectivity index (χ4n) is 2.12. The molecule has 1 aromatic carbocycles. The number of ether oxygens (including phenoxy) is 1. The van der Waals surface area contributed by atoms with E-state index in [1.54, 1.807) is 11.0 Å². The van der Waals surface area contributed by atoms with E-state index in [2.05, 4.69) is 15.5 Å². The molecule has 108 valence electrons. The lowest BCUT2D eigenvalue weighted by Gasteiger charge is -2.26. The molecule has 1 aliphatic heterocycles. The number of amides is 2. The molecule has 0 saturated carbocycles. The van der Waals surface area contributed by atoms with Gasteiger partial charge in [0.05, 0.1) is 18.9 Å². The van der Waals surface area contributed by atoms with Gasteiger partial charge in [0.15, 0.2) is 5.82 Å². The van der Waals surface area contributed by atoms with Crippen LogP contribution in [0.3, 0.4) is 0 Å². The molecule has 0 atom stereocenters. The van der Waals surface area contributed by atoms with Gasteiger partial charge in [-0.05, 0) is 12.1 Å². The molecule has 1 aromatic heterocycles. The van der Waals surface area contributed by atoms with Crippen molar-refractivity contribution in [3.05, 3.63) is 42.5 Å². The maximum atomic E-state index is 12.0. The third-order valence-corrected chi connectivity index (χ3v) is 3.27. The summed E-state index contributed by atoms with van der Waals surface area (Å²) < 4.78 is 5.22. The number of carbonyl (C=O) groups is 1. The number of nitrogens with zero attached hydrogens (tertiary/aromatic N) is 3. The van der Waals surface area contributed by atoms with Crippen LogP contribution in [-0.2, 0) is 4.74 Å². The van der Waals surface area contributed by atoms with E-state index in [9.17, 15) is 4.79 Å². The Bertz CT molecular complexity index is 595. The molecule has 0 spiro atoms. The summed E-state index contributed by atoms with van der Waals surface area (Å²) >= 11 is 0. The molecule has 2 heterocycles. The number of urea groups is 1. The fraction of sp³-hybridized carbons (Fsp3) is 0.267. The SMILES string of the molecule is O=C(Nc1ccc(-c2ccccc2)nn1)N1CCOCC1. The Kier molecular flexibility index (Phi) is 4.07. The molecule has 6 nitrogen and oxygen atoms in total. The van der Waals surface area contributed by atoms with Gasteiger partial charge in [-0.2, -0.15) is 0 Å². The van der Waals surface area contributed by atoms with E-state index < -0.39 is 0 Å². The lowest BCUT2D eigenvalue weighted by atomic mass is 10.1. The van der Waals surface area contributed by atoms with Gasteiger partial charge in [-0.25, -0.2) is 4.79 Å². The van der Waals surface area contributed by atoms with Crippen LogP contribution in [-0.4, -0.2) is 47.4 Å². The fourth-order valence-corrected chi connectivity index (χ4v) is 2.12. The van der Waals surface area contributed by atoms with Gasteiger partial charge >= 0.3 is 6.03 Å². The van der Waals surface area contributed by atoms with Crippen LogP contribution in [0.25, 0.3) is 11.3 Å². The summed E-state index contributed by atoms with van der Waals surface area (Å²) in [5.74, 6) is 0.450. The van der Waals surface area contributed by atoms with Crippen LogP contribution in [0.5, 0.6) is 0 Å². The number of morpholine rings is 1. The first-order valence-electron chi connectivity index (χ1n) is 6.86. The zero-order valence-corrected chi connectivity index (χ0v) is 11.5. The Morgan fingerprint density at radius 2 is 1.81 bits per heavy atom. The highest BCUT2D eigenvalue weighted by molar-refractivity contribution is 5.88. The van der Waals surface area contributed by atoms with Crippen molar-refractivity contribution in [3.63, 3.8) is 0 Å². The number of rotatable bonds is 2. The third-order valence-electron chi connectivity index (χ3n) is 3.27. The highest BCUT2D eigenvalue weighted by Crippen LogP contribution is 2.16. The Hall–Kier alpha value is -2.47. The smallest absolute Gasteiger partial charge is 0.323 e. The molecule has 6 heteroatoms. The average molecular weight is 284 g/mol. The van der Waals surface area contributed by atoms with Gasteiger partial charge in [0.2, 0.25) is 0 Å². The number of anilines is 1. The Morgan fingerprint density at radius 1 is 1.05 bits per heavy atom. The largest absolute Gasteiger partial charge is 0.378 e. The number of carbonyl (C=O) groups excluding carboxylic acids is 1. The van der Waals surface area contributed by atoms with Crippen LogP contribution in [0.4, 0.5) is 10.6 Å². The molecule has 21 heavy (non-hydrogen) atoms. The first-order valence-corrected chi connectivity index (χ1v) is 6.86. The van der Waals surface area contributed by atoms with Gasteiger partial charge in [0.1, 0.15) is 0 Å². The lowest BCUT2D eigenvalue weighted by Crippen LogP contribution is -2.43. The van der Waals surface area contributed by atoms with Crippen molar-refractivity contribution < 1.29 is 9.53 Å². The summed E-state index contributed by atoms with van der Waals surface area (Å²) in [4.78, 5) is 13.7. The quantitative estimate of drug-likeness (QED) is 0.916. The van der Waals surface area contributed by atoms with Crippen LogP contribution in [0.2, 0.25) is 0 Å². The highest BCUT2D eigenvalue weighted by atomic mass is 16.5. The van der Waals surface area contributed by atoms with Crippen molar-refractivity contribution in [2.45, 2.75) is 0 Å². The number of hydrogen-bond acceptors (Lipinski definition) is 4. The van der Waals surface area contributed by atoms with Crippen molar-refractivity contribution in [1.82, 2.24) is 15.1 Å². The molecular formula is C15H16N4O2. The monoisotopic (exact) mass is 284 g/mol. The zero-order valence-electron chi connectivity index (χ0n) is 11.5. The van der Waals surface area contributed by atoms with Crippen LogP contribution >= 0.6 is 0 Å². The standard InChI is InChI=1S/C15H16N4O2/c20-15(19-8-10-21-11-9-19)16-14-7-6-13(17-18-14)12-4-2-1-3-5-12/h1-7H,8-11H2,(H,16,18,20). The number of benzene rings is 1. The second-order valence-electron chi connectivity index (χ2n) is 4.70. The van der Waals surface area contributed by atoms with Crippen LogP contribution in [0, 0.1) is 0 Å². The predicted octanol–water partition coefficient (Wildman–Crippen LogP) is 2.01.